The first kappa shape index (κ1) is 66.0. The van der Waals surface area contributed by atoms with Crippen LogP contribution in [0.3, 0.4) is 0 Å². The molecule has 11 aromatic carbocycles. The molecule has 0 aliphatic carbocycles. The van der Waals surface area contributed by atoms with Crippen LogP contribution in [0.1, 0.15) is 148 Å². The van der Waals surface area contributed by atoms with Crippen LogP contribution in [0.2, 0.25) is 0 Å². The van der Waals surface area contributed by atoms with Crippen LogP contribution in [0.25, 0.3) is 43.1 Å². The van der Waals surface area contributed by atoms with Gasteiger partial charge in [0.1, 0.15) is 80.4 Å². The molecule has 0 unspecified atom stereocenters. The van der Waals surface area contributed by atoms with E-state index in [4.69, 9.17) is 37.9 Å². The highest BCUT2D eigenvalue weighted by molar-refractivity contribution is 6.48. The van der Waals surface area contributed by atoms with Crippen LogP contribution < -0.4 is 47.7 Å². The van der Waals surface area contributed by atoms with Gasteiger partial charge in [0.15, 0.2) is 0 Å². The molecule has 11 aromatic rings. The molecule has 98 heavy (non-hydrogen) atoms. The molecule has 13 rings (SSSR count). The van der Waals surface area contributed by atoms with Crippen molar-refractivity contribution in [1.82, 2.24) is 0 Å². The number of hydrogen-bond donors (Lipinski definition) is 0. The summed E-state index contributed by atoms with van der Waals surface area (Å²) in [5.74, 6) is 1.71. The lowest BCUT2D eigenvalue weighted by Gasteiger charge is -2.34. The molecule has 0 fully saturated rings. The zero-order valence-corrected chi connectivity index (χ0v) is 56.9. The van der Waals surface area contributed by atoms with Gasteiger partial charge in [-0.25, -0.2) is 9.80 Å². The fourth-order valence-corrected chi connectivity index (χ4v) is 13.5. The summed E-state index contributed by atoms with van der Waals surface area (Å²) in [5.41, 5.74) is 0.827. The zero-order chi connectivity index (χ0) is 68.1. The highest BCUT2D eigenvalue weighted by atomic mass is 16.5. The van der Waals surface area contributed by atoms with Gasteiger partial charge in [-0.1, -0.05) is 192 Å². The molecule has 0 spiro atoms. The van der Waals surface area contributed by atoms with E-state index in [9.17, 15) is 0 Å². The van der Waals surface area contributed by atoms with E-state index in [1.807, 2.05) is 133 Å². The second kappa shape index (κ2) is 29.0. The molecular weight excluding hydrogens is 1230 g/mol. The summed E-state index contributed by atoms with van der Waals surface area (Å²) in [4.78, 5) is 68.6. The number of carbonyl (C=O) groups is 4. The number of rotatable bonds is 30. The van der Waals surface area contributed by atoms with Crippen molar-refractivity contribution in [3.05, 3.63) is 204 Å². The van der Waals surface area contributed by atoms with Gasteiger partial charge in [-0.2, -0.15) is 0 Å². The number of ether oxygens (including phenoxy) is 8. The number of imide groups is 2. The maximum Gasteiger partial charge on any atom is 0.266 e. The van der Waals surface area contributed by atoms with Crippen LogP contribution >= 0.6 is 0 Å². The van der Waals surface area contributed by atoms with Gasteiger partial charge >= 0.3 is 0 Å². The van der Waals surface area contributed by atoms with Crippen LogP contribution in [-0.2, 0) is 0 Å². The molecule has 4 amide bonds. The largest absolute Gasteiger partial charge is 0.491 e. The summed E-state index contributed by atoms with van der Waals surface area (Å²) in [6.07, 6.45) is 6.82. The van der Waals surface area contributed by atoms with Crippen LogP contribution in [-0.4, -0.2) is 50.1 Å². The van der Waals surface area contributed by atoms with Gasteiger partial charge in [-0.3, -0.25) is 19.2 Å². The molecule has 0 saturated carbocycles. The minimum Gasteiger partial charge on any atom is -0.491 e. The molecule has 2 heterocycles. The normalized spacial score (nSPS) is 13.0. The first-order valence-electron chi connectivity index (χ1n) is 34.8. The molecule has 0 atom stereocenters. The minimum absolute atomic E-state index is 0.121. The maximum atomic E-state index is 16.6. The van der Waals surface area contributed by atoms with Gasteiger partial charge in [0.05, 0.1) is 48.7 Å². The SMILES string of the molecule is CCC(CC)COc1cccc(OCC(CC)CC)c1N1C(=O)c2cc(Oc3ccccc3)c3c4c(Oc5ccccc5)cc5c6c(cc(Oc7ccccc7)c(c7c(Oc8ccccc8)cc(c2c37)C1=O)c64)C(=O)N(c1c(OCC(CC)CC)cccc1OCC(CC)CC)C5=O. The quantitative estimate of drug-likeness (QED) is 0.0240. The summed E-state index contributed by atoms with van der Waals surface area (Å²) in [5, 5.41) is 2.86. The number of benzene rings is 11. The summed E-state index contributed by atoms with van der Waals surface area (Å²) in [7, 11) is 0. The van der Waals surface area contributed by atoms with Crippen molar-refractivity contribution in [3.63, 3.8) is 0 Å². The van der Waals surface area contributed by atoms with Crippen molar-refractivity contribution in [2.24, 2.45) is 23.7 Å². The van der Waals surface area contributed by atoms with Crippen LogP contribution in [0.4, 0.5) is 11.4 Å². The first-order valence-corrected chi connectivity index (χ1v) is 34.8. The highest BCUT2D eigenvalue weighted by Gasteiger charge is 2.45. The fraction of sp³-hybridized carbons (Fsp3) is 0.286. The highest BCUT2D eigenvalue weighted by Crippen LogP contribution is 2.59. The summed E-state index contributed by atoms with van der Waals surface area (Å²) in [6, 6.07) is 54.4. The predicted octanol–water partition coefficient (Wildman–Crippen LogP) is 21.8. The third-order valence-corrected chi connectivity index (χ3v) is 19.7. The topological polar surface area (TPSA) is 149 Å². The monoisotopic (exact) mass is 1310 g/mol. The molecule has 2 aliphatic heterocycles. The van der Waals surface area contributed by atoms with Crippen LogP contribution in [0.5, 0.6) is 69.0 Å². The zero-order valence-electron chi connectivity index (χ0n) is 56.9. The lowest BCUT2D eigenvalue weighted by atomic mass is 9.80. The average Bonchev–Trinajstić information content (AvgIpc) is 0.672. The molecule has 0 N–H and O–H groups in total. The molecule has 14 heteroatoms. The molecule has 0 aromatic heterocycles. The second-order valence-corrected chi connectivity index (χ2v) is 25.4. The Balaban J connectivity index is 1.17. The van der Waals surface area contributed by atoms with E-state index >= 15 is 19.2 Å². The summed E-state index contributed by atoms with van der Waals surface area (Å²) >= 11 is 0. The molecule has 0 bridgehead atoms. The van der Waals surface area contributed by atoms with Crippen molar-refractivity contribution in [2.45, 2.75) is 107 Å². The Labute approximate surface area is 572 Å². The molecule has 0 saturated heterocycles. The van der Waals surface area contributed by atoms with Gasteiger partial charge in [0.2, 0.25) is 0 Å². The Morgan fingerprint density at radius 3 is 0.673 bits per heavy atom. The van der Waals surface area contributed by atoms with Gasteiger partial charge < -0.3 is 37.9 Å². The van der Waals surface area contributed by atoms with E-state index in [1.54, 1.807) is 48.5 Å². The Hall–Kier alpha value is -10.6. The van der Waals surface area contributed by atoms with Crippen LogP contribution in [0.15, 0.2) is 182 Å². The lowest BCUT2D eigenvalue weighted by Crippen LogP contribution is -2.41. The number of amides is 4. The van der Waals surface area contributed by atoms with Crippen molar-refractivity contribution in [1.29, 1.82) is 0 Å². The number of para-hydroxylation sites is 6. The van der Waals surface area contributed by atoms with Crippen molar-refractivity contribution >= 4 is 78.1 Å². The fourth-order valence-electron chi connectivity index (χ4n) is 13.5. The number of hydrogen-bond acceptors (Lipinski definition) is 12. The van der Waals surface area contributed by atoms with E-state index in [0.717, 1.165) is 51.4 Å². The third-order valence-electron chi connectivity index (χ3n) is 19.7. The molecular formula is C84H82N2O12. The molecule has 14 nitrogen and oxygen atoms in total. The number of anilines is 2. The lowest BCUT2D eigenvalue weighted by molar-refractivity contribution is 0.0874. The van der Waals surface area contributed by atoms with E-state index < -0.39 is 23.6 Å². The predicted molar refractivity (Wildman–Crippen MR) is 387 cm³/mol. The Kier molecular flexibility index (Phi) is 19.5. The maximum absolute atomic E-state index is 16.6. The molecule has 0 radical (unpaired) electrons. The number of nitrogens with zero attached hydrogens (tertiary/aromatic N) is 2. The number of fused-ring (bicyclic) bond motifs is 2. The van der Waals surface area contributed by atoms with E-state index in [2.05, 4.69) is 55.4 Å². The smallest absolute Gasteiger partial charge is 0.266 e. The van der Waals surface area contributed by atoms with Crippen molar-refractivity contribution in [2.75, 3.05) is 36.2 Å². The number of carbonyl (C=O) groups excluding carboxylic acids is 4. The standard InChI is InChI=1S/C84H82N2O12/c1-9-51(10-2)47-91-63-39-29-40-64(92-48-52(11-3)12-4)79(63)85-81(87)59-43-67(95-55-31-21-17-22-32-55)73-75-69(97-57-35-25-19-26-36-57)45-61-72-62(84(90)86(83(61)89)80-65(93-49-53(13-5)14-6)41-30-42-66(80)94-50-54(15-7)16-8)46-70(98-58-37-27-20-28-38-58)76(78(72)75)74-68(96-56-33-23-18-24-34-56)44-60(82(85)88)71(59)77(73)74/h17-46,51-54H,9-16,47-50H2,1-8H3. The van der Waals surface area contributed by atoms with Gasteiger partial charge in [-0.15, -0.1) is 0 Å². The molecule has 2 aliphatic rings. The average molecular weight is 1310 g/mol. The van der Waals surface area contributed by atoms with E-state index in [-0.39, 0.29) is 91.1 Å². The Morgan fingerprint density at radius 2 is 0.469 bits per heavy atom. The molecule has 500 valence electrons. The minimum atomic E-state index is -0.665. The Morgan fingerprint density at radius 1 is 0.255 bits per heavy atom. The summed E-state index contributed by atoms with van der Waals surface area (Å²) in [6.45, 7) is 18.2. The van der Waals surface area contributed by atoms with Gasteiger partial charge in [0.25, 0.3) is 23.6 Å². The van der Waals surface area contributed by atoms with E-state index in [0.29, 0.717) is 105 Å². The first-order chi connectivity index (χ1) is 47.9. The van der Waals surface area contributed by atoms with Crippen LogP contribution in [0, 0.1) is 23.7 Å². The van der Waals surface area contributed by atoms with Gasteiger partial charge in [-0.05, 0) is 121 Å². The second-order valence-electron chi connectivity index (χ2n) is 25.4. The van der Waals surface area contributed by atoms with E-state index in [1.165, 1.54) is 9.80 Å². The van der Waals surface area contributed by atoms with Crippen molar-refractivity contribution < 1.29 is 57.1 Å². The summed E-state index contributed by atoms with van der Waals surface area (Å²) < 4.78 is 55.9. The Bertz CT molecular complexity index is 4160. The third kappa shape index (κ3) is 12.4. The van der Waals surface area contributed by atoms with Crippen molar-refractivity contribution in [3.8, 4) is 69.0 Å². The van der Waals surface area contributed by atoms with Gasteiger partial charge in [0, 0.05) is 43.1 Å².